The molecule has 2 aromatic carbocycles. The summed E-state index contributed by atoms with van der Waals surface area (Å²) in [6.07, 6.45) is -4.48. The number of halogens is 3. The summed E-state index contributed by atoms with van der Waals surface area (Å²) in [6.45, 7) is 2.33. The molecule has 0 aromatic heterocycles. The lowest BCUT2D eigenvalue weighted by atomic mass is 9.99. The molecule has 0 saturated heterocycles. The molecule has 0 radical (unpaired) electrons. The van der Waals surface area contributed by atoms with Crippen LogP contribution in [-0.4, -0.2) is 12.3 Å². The molecule has 0 bridgehead atoms. The molecule has 0 unspecified atom stereocenters. The smallest absolute Gasteiger partial charge is 0.385 e. The predicted octanol–water partition coefficient (Wildman–Crippen LogP) is 4.37. The molecule has 0 saturated carbocycles. The Kier molecular flexibility index (Phi) is 4.31. The Morgan fingerprint density at radius 2 is 1.76 bits per heavy atom. The molecule has 2 nitrogen and oxygen atoms in total. The van der Waals surface area contributed by atoms with Gasteiger partial charge in [0.2, 0.25) is 0 Å². The fourth-order valence-corrected chi connectivity index (χ4v) is 2.00. The maximum atomic E-state index is 12.8. The molecule has 0 amide bonds. The van der Waals surface area contributed by atoms with Crippen molar-refractivity contribution in [3.63, 3.8) is 0 Å². The number of anilines is 1. The van der Waals surface area contributed by atoms with E-state index in [1.165, 1.54) is 6.07 Å². The molecule has 21 heavy (non-hydrogen) atoms. The van der Waals surface area contributed by atoms with Gasteiger partial charge in [-0.3, -0.25) is 4.79 Å². The van der Waals surface area contributed by atoms with Gasteiger partial charge in [-0.25, -0.2) is 0 Å². The molecular weight excluding hydrogens is 279 g/mol. The zero-order chi connectivity index (χ0) is 15.5. The third kappa shape index (κ3) is 3.42. The van der Waals surface area contributed by atoms with Crippen LogP contribution in [0.1, 0.15) is 28.4 Å². The lowest BCUT2D eigenvalue weighted by Gasteiger charge is -2.13. The van der Waals surface area contributed by atoms with Crippen molar-refractivity contribution in [2.24, 2.45) is 0 Å². The Hall–Kier alpha value is -2.30. The van der Waals surface area contributed by atoms with E-state index in [0.29, 0.717) is 17.8 Å². The van der Waals surface area contributed by atoms with Crippen LogP contribution in [0, 0.1) is 0 Å². The SMILES string of the molecule is CCNc1ccc(C(F)(F)F)cc1C(=O)c1ccccc1. The fraction of sp³-hybridized carbons (Fsp3) is 0.188. The zero-order valence-corrected chi connectivity index (χ0v) is 11.4. The molecule has 1 N–H and O–H groups in total. The van der Waals surface area contributed by atoms with Crippen LogP contribution < -0.4 is 5.32 Å². The molecule has 0 fully saturated rings. The minimum atomic E-state index is -4.48. The van der Waals surface area contributed by atoms with Gasteiger partial charge in [0.15, 0.2) is 5.78 Å². The fourth-order valence-electron chi connectivity index (χ4n) is 2.00. The lowest BCUT2D eigenvalue weighted by molar-refractivity contribution is -0.137. The number of nitrogens with one attached hydrogen (secondary N) is 1. The molecule has 0 aliphatic carbocycles. The van der Waals surface area contributed by atoms with E-state index in [1.807, 2.05) is 6.92 Å². The summed E-state index contributed by atoms with van der Waals surface area (Å²) in [7, 11) is 0. The first-order chi connectivity index (χ1) is 9.93. The maximum absolute atomic E-state index is 12.8. The highest BCUT2D eigenvalue weighted by atomic mass is 19.4. The highest BCUT2D eigenvalue weighted by Gasteiger charge is 2.31. The van der Waals surface area contributed by atoms with Crippen LogP contribution >= 0.6 is 0 Å². The Bertz CT molecular complexity index is 636. The van der Waals surface area contributed by atoms with Gasteiger partial charge in [-0.1, -0.05) is 30.3 Å². The Morgan fingerprint density at radius 1 is 1.10 bits per heavy atom. The molecule has 0 atom stereocenters. The molecule has 0 spiro atoms. The first-order valence-corrected chi connectivity index (χ1v) is 6.48. The normalized spacial score (nSPS) is 11.2. The number of alkyl halides is 3. The van der Waals surface area contributed by atoms with Crippen LogP contribution in [0.3, 0.4) is 0 Å². The van der Waals surface area contributed by atoms with Gasteiger partial charge < -0.3 is 5.32 Å². The maximum Gasteiger partial charge on any atom is 0.416 e. The van der Waals surface area contributed by atoms with Gasteiger partial charge in [-0.2, -0.15) is 13.2 Å². The van der Waals surface area contributed by atoms with E-state index in [9.17, 15) is 18.0 Å². The Morgan fingerprint density at radius 3 is 2.33 bits per heavy atom. The van der Waals surface area contributed by atoms with E-state index in [0.717, 1.165) is 12.1 Å². The van der Waals surface area contributed by atoms with Crippen molar-refractivity contribution in [2.45, 2.75) is 13.1 Å². The van der Waals surface area contributed by atoms with Crippen molar-refractivity contribution in [3.05, 3.63) is 65.2 Å². The van der Waals surface area contributed by atoms with Gasteiger partial charge in [0.05, 0.1) is 5.56 Å². The summed E-state index contributed by atoms with van der Waals surface area (Å²) in [6, 6.07) is 11.4. The second-order valence-electron chi connectivity index (χ2n) is 4.48. The van der Waals surface area contributed by atoms with Gasteiger partial charge in [-0.05, 0) is 25.1 Å². The Labute approximate surface area is 120 Å². The minimum Gasteiger partial charge on any atom is -0.385 e. The van der Waals surface area contributed by atoms with Crippen molar-refractivity contribution < 1.29 is 18.0 Å². The van der Waals surface area contributed by atoms with Gasteiger partial charge in [-0.15, -0.1) is 0 Å². The van der Waals surface area contributed by atoms with Crippen LogP contribution in [0.2, 0.25) is 0 Å². The quantitative estimate of drug-likeness (QED) is 0.848. The summed E-state index contributed by atoms with van der Waals surface area (Å²) < 4.78 is 38.5. The molecule has 2 rings (SSSR count). The Balaban J connectivity index is 2.51. The topological polar surface area (TPSA) is 29.1 Å². The number of carbonyl (C=O) groups excluding carboxylic acids is 1. The number of hydrogen-bond donors (Lipinski definition) is 1. The third-order valence-electron chi connectivity index (χ3n) is 2.99. The van der Waals surface area contributed by atoms with E-state index in [1.54, 1.807) is 30.3 Å². The van der Waals surface area contributed by atoms with E-state index in [2.05, 4.69) is 5.32 Å². The second-order valence-corrected chi connectivity index (χ2v) is 4.48. The molecule has 0 aliphatic heterocycles. The van der Waals surface area contributed by atoms with Crippen molar-refractivity contribution in [1.29, 1.82) is 0 Å². The number of hydrogen-bond acceptors (Lipinski definition) is 2. The number of rotatable bonds is 4. The van der Waals surface area contributed by atoms with Gasteiger partial charge in [0.1, 0.15) is 0 Å². The van der Waals surface area contributed by atoms with Crippen LogP contribution in [0.25, 0.3) is 0 Å². The van der Waals surface area contributed by atoms with Crippen LogP contribution in [0.4, 0.5) is 18.9 Å². The number of benzene rings is 2. The van der Waals surface area contributed by atoms with E-state index >= 15 is 0 Å². The lowest BCUT2D eigenvalue weighted by Crippen LogP contribution is -2.12. The minimum absolute atomic E-state index is 0.0258. The first-order valence-electron chi connectivity index (χ1n) is 6.48. The van der Waals surface area contributed by atoms with E-state index < -0.39 is 17.5 Å². The summed E-state index contributed by atoms with van der Waals surface area (Å²) >= 11 is 0. The average molecular weight is 293 g/mol. The number of ketones is 1. The third-order valence-corrected chi connectivity index (χ3v) is 2.99. The van der Waals surface area contributed by atoms with E-state index in [-0.39, 0.29) is 5.56 Å². The highest BCUT2D eigenvalue weighted by molar-refractivity contribution is 6.12. The summed E-state index contributed by atoms with van der Waals surface area (Å²) in [5, 5.41) is 2.92. The summed E-state index contributed by atoms with van der Waals surface area (Å²) in [4.78, 5) is 12.4. The van der Waals surface area contributed by atoms with Crippen LogP contribution in [-0.2, 0) is 6.18 Å². The largest absolute Gasteiger partial charge is 0.416 e. The van der Waals surface area contributed by atoms with Crippen molar-refractivity contribution >= 4 is 11.5 Å². The molecule has 0 aliphatic rings. The van der Waals surface area contributed by atoms with Crippen LogP contribution in [0.15, 0.2) is 48.5 Å². The van der Waals surface area contributed by atoms with Crippen LogP contribution in [0.5, 0.6) is 0 Å². The summed E-state index contributed by atoms with van der Waals surface area (Å²) in [5.74, 6) is -0.433. The first kappa shape index (κ1) is 15.1. The standard InChI is InChI=1S/C16H14F3NO/c1-2-20-14-9-8-12(16(17,18)19)10-13(14)15(21)11-6-4-3-5-7-11/h3-10,20H,2H2,1H3. The zero-order valence-electron chi connectivity index (χ0n) is 11.4. The van der Waals surface area contributed by atoms with E-state index in [4.69, 9.17) is 0 Å². The monoisotopic (exact) mass is 293 g/mol. The predicted molar refractivity (Wildman–Crippen MR) is 75.5 cm³/mol. The van der Waals surface area contributed by atoms with Crippen molar-refractivity contribution in [2.75, 3.05) is 11.9 Å². The van der Waals surface area contributed by atoms with Gasteiger partial charge >= 0.3 is 6.18 Å². The number of carbonyl (C=O) groups is 1. The second kappa shape index (κ2) is 5.99. The molecule has 2 aromatic rings. The molecule has 110 valence electrons. The van der Waals surface area contributed by atoms with Gasteiger partial charge in [0.25, 0.3) is 0 Å². The molecule has 5 heteroatoms. The van der Waals surface area contributed by atoms with Crippen molar-refractivity contribution in [3.8, 4) is 0 Å². The molecular formula is C16H14F3NO. The van der Waals surface area contributed by atoms with Crippen molar-refractivity contribution in [1.82, 2.24) is 0 Å². The molecule has 0 heterocycles. The van der Waals surface area contributed by atoms with Gasteiger partial charge in [0, 0.05) is 23.4 Å². The average Bonchev–Trinajstić information content (AvgIpc) is 2.47. The summed E-state index contributed by atoms with van der Waals surface area (Å²) in [5.41, 5.74) is -0.0448. The highest BCUT2D eigenvalue weighted by Crippen LogP contribution is 2.32.